The second-order valence-electron chi connectivity index (χ2n) is 13.0. The largest absolute Gasteiger partial charge is 0.382 e. The van der Waals surface area contributed by atoms with E-state index in [1.54, 1.807) is 0 Å². The normalized spacial score (nSPS) is 12.3. The van der Waals surface area contributed by atoms with E-state index in [9.17, 15) is 9.59 Å². The van der Waals surface area contributed by atoms with Crippen molar-refractivity contribution in [3.05, 3.63) is 88.2 Å². The van der Waals surface area contributed by atoms with Gasteiger partial charge in [0.2, 0.25) is 5.91 Å². The van der Waals surface area contributed by atoms with Crippen LogP contribution in [0.1, 0.15) is 72.6 Å². The summed E-state index contributed by atoms with van der Waals surface area (Å²) in [6.07, 6.45) is 9.10. The smallest absolute Gasteiger partial charge is 0.280 e. The van der Waals surface area contributed by atoms with Gasteiger partial charge < -0.3 is 27.4 Å². The number of halogens is 1. The topological polar surface area (TPSA) is 178 Å². The second kappa shape index (κ2) is 18.9. The molecule has 0 unspecified atom stereocenters. The van der Waals surface area contributed by atoms with Crippen molar-refractivity contribution in [2.45, 2.75) is 64.7 Å². The van der Waals surface area contributed by atoms with Crippen LogP contribution in [0.3, 0.4) is 0 Å². The van der Waals surface area contributed by atoms with Crippen LogP contribution in [0.5, 0.6) is 0 Å². The van der Waals surface area contributed by atoms with Gasteiger partial charge in [0.05, 0.1) is 0 Å². The van der Waals surface area contributed by atoms with E-state index < -0.39 is 5.91 Å². The third-order valence-corrected chi connectivity index (χ3v) is 8.90. The highest BCUT2D eigenvalue weighted by Gasteiger charge is 2.18. The number of nitrogen functional groups attached to an aromatic ring is 2. The average molecular weight is 700 g/mol. The number of carbonyl (C=O) groups is 2. The van der Waals surface area contributed by atoms with Gasteiger partial charge in [0.15, 0.2) is 28.4 Å². The minimum absolute atomic E-state index is 0.0106. The van der Waals surface area contributed by atoms with Gasteiger partial charge in [-0.2, -0.15) is 0 Å². The number of benzene rings is 3. The molecule has 0 saturated heterocycles. The molecule has 1 atom stereocenters. The average Bonchev–Trinajstić information content (AvgIpc) is 3.09. The maximum absolute atomic E-state index is 13.2. The number of nitrogens with two attached hydrogens (primary N) is 3. The molecule has 3 aromatic carbocycles. The van der Waals surface area contributed by atoms with Gasteiger partial charge in [-0.05, 0) is 105 Å². The number of hydrogen-bond donors (Lipinski definition) is 5. The van der Waals surface area contributed by atoms with Crippen molar-refractivity contribution in [3.8, 4) is 0 Å². The Bertz CT molecular complexity index is 1780. The molecule has 0 bridgehead atoms. The SMILES string of the molecule is C[C@@H](Cc1ccc(CCCCN=C(N)NC(=O)c2nc(Cl)c(N)nc2N)c2ccccc12)C(=O)Nc1ccc(CCCCCCN(C)C)cc1. The predicted octanol–water partition coefficient (Wildman–Crippen LogP) is 6.00. The van der Waals surface area contributed by atoms with Gasteiger partial charge in [-0.15, -0.1) is 0 Å². The molecule has 0 saturated carbocycles. The van der Waals surface area contributed by atoms with E-state index in [2.05, 4.69) is 81.0 Å². The van der Waals surface area contributed by atoms with Crippen molar-refractivity contribution in [1.82, 2.24) is 20.2 Å². The second-order valence-corrected chi connectivity index (χ2v) is 13.4. The Morgan fingerprint density at radius 3 is 2.22 bits per heavy atom. The van der Waals surface area contributed by atoms with Gasteiger partial charge in [-0.1, -0.05) is 79.9 Å². The zero-order valence-electron chi connectivity index (χ0n) is 29.3. The molecule has 2 amide bonds. The first-order valence-electron chi connectivity index (χ1n) is 17.3. The number of nitrogens with one attached hydrogen (secondary N) is 2. The molecule has 4 aromatic rings. The first kappa shape index (κ1) is 38.1. The number of unbranched alkanes of at least 4 members (excludes halogenated alkanes) is 4. The number of rotatable bonds is 17. The fourth-order valence-electron chi connectivity index (χ4n) is 5.82. The summed E-state index contributed by atoms with van der Waals surface area (Å²) in [5, 5.41) is 7.78. The summed E-state index contributed by atoms with van der Waals surface area (Å²) in [5.41, 5.74) is 21.5. The summed E-state index contributed by atoms with van der Waals surface area (Å²) >= 11 is 5.86. The lowest BCUT2D eigenvalue weighted by Gasteiger charge is -2.16. The molecule has 0 radical (unpaired) electrons. The van der Waals surface area contributed by atoms with Crippen molar-refractivity contribution in [2.24, 2.45) is 16.6 Å². The van der Waals surface area contributed by atoms with Gasteiger partial charge in [-0.3, -0.25) is 19.9 Å². The Morgan fingerprint density at radius 2 is 1.50 bits per heavy atom. The number of aromatic nitrogens is 2. The number of amides is 2. The van der Waals surface area contributed by atoms with Crippen molar-refractivity contribution < 1.29 is 9.59 Å². The van der Waals surface area contributed by atoms with E-state index in [1.807, 2.05) is 31.2 Å². The highest BCUT2D eigenvalue weighted by Crippen LogP contribution is 2.27. The number of carbonyl (C=O) groups excluding carboxylic acids is 2. The lowest BCUT2D eigenvalue weighted by Crippen LogP contribution is -2.38. The number of guanidine groups is 1. The zero-order chi connectivity index (χ0) is 36.0. The van der Waals surface area contributed by atoms with E-state index in [0.29, 0.717) is 13.0 Å². The third-order valence-electron chi connectivity index (χ3n) is 8.62. The quantitative estimate of drug-likeness (QED) is 0.0506. The molecule has 266 valence electrons. The minimum atomic E-state index is -0.668. The van der Waals surface area contributed by atoms with Crippen LogP contribution < -0.4 is 27.8 Å². The first-order chi connectivity index (χ1) is 24.0. The fourth-order valence-corrected chi connectivity index (χ4v) is 5.95. The van der Waals surface area contributed by atoms with Crippen LogP contribution in [0.2, 0.25) is 5.15 Å². The Balaban J connectivity index is 1.24. The van der Waals surface area contributed by atoms with Crippen LogP contribution in [0.25, 0.3) is 10.8 Å². The molecule has 0 aliphatic rings. The minimum Gasteiger partial charge on any atom is -0.382 e. The van der Waals surface area contributed by atoms with E-state index >= 15 is 0 Å². The molecule has 0 aliphatic heterocycles. The molecule has 12 heteroatoms. The highest BCUT2D eigenvalue weighted by molar-refractivity contribution is 6.31. The maximum Gasteiger partial charge on any atom is 0.280 e. The molecule has 50 heavy (non-hydrogen) atoms. The van der Waals surface area contributed by atoms with Gasteiger partial charge in [0.1, 0.15) is 0 Å². The standard InChI is InChI=1S/C38H50ClN9O2/c1-25(36(49)44-29-20-16-26(17-21-29)12-6-4-5-11-23-48(2)3)24-28-19-18-27(30-14-7-8-15-31(28)30)13-9-10-22-43-38(42)47-37(50)32-34(40)46-35(41)33(39)45-32/h7-8,14-21,25H,4-6,9-13,22-24H2,1-3H3,(H,44,49)(H4,40,41,46)(H3,42,43,47,50)/t25-/m0/s1. The molecule has 1 aromatic heterocycles. The molecule has 0 spiro atoms. The molecule has 8 N–H and O–H groups in total. The molecular weight excluding hydrogens is 650 g/mol. The van der Waals surface area contributed by atoms with Gasteiger partial charge in [-0.25, -0.2) is 9.97 Å². The lowest BCUT2D eigenvalue weighted by molar-refractivity contribution is -0.119. The molecule has 11 nitrogen and oxygen atoms in total. The number of aliphatic imine (C=N–C) groups is 1. The number of hydrogen-bond acceptors (Lipinski definition) is 8. The Kier molecular flexibility index (Phi) is 14.4. The van der Waals surface area contributed by atoms with Gasteiger partial charge >= 0.3 is 0 Å². The molecule has 0 fully saturated rings. The van der Waals surface area contributed by atoms with E-state index in [0.717, 1.165) is 48.9 Å². The molecule has 0 aliphatic carbocycles. The lowest BCUT2D eigenvalue weighted by atomic mass is 9.91. The van der Waals surface area contributed by atoms with E-state index in [4.69, 9.17) is 28.8 Å². The van der Waals surface area contributed by atoms with Crippen LogP contribution in [0, 0.1) is 5.92 Å². The van der Waals surface area contributed by atoms with Gasteiger partial charge in [0.25, 0.3) is 5.91 Å². The maximum atomic E-state index is 13.2. The van der Waals surface area contributed by atoms with Crippen molar-refractivity contribution in [3.63, 3.8) is 0 Å². The third kappa shape index (κ3) is 11.4. The zero-order valence-corrected chi connectivity index (χ0v) is 30.1. The summed E-state index contributed by atoms with van der Waals surface area (Å²) in [5.74, 6) is -1.12. The highest BCUT2D eigenvalue weighted by atomic mass is 35.5. The van der Waals surface area contributed by atoms with Crippen LogP contribution in [-0.4, -0.2) is 59.8 Å². The fraction of sp³-hybridized carbons (Fsp3) is 0.395. The van der Waals surface area contributed by atoms with E-state index in [1.165, 1.54) is 42.2 Å². The number of fused-ring (bicyclic) bond motifs is 1. The summed E-state index contributed by atoms with van der Waals surface area (Å²) in [4.78, 5) is 39.8. The number of aryl methyl sites for hydroxylation is 2. The summed E-state index contributed by atoms with van der Waals surface area (Å²) in [6.45, 7) is 3.55. The summed E-state index contributed by atoms with van der Waals surface area (Å²) in [7, 11) is 4.24. The summed E-state index contributed by atoms with van der Waals surface area (Å²) in [6, 6.07) is 20.9. The van der Waals surface area contributed by atoms with Crippen LogP contribution >= 0.6 is 11.6 Å². The van der Waals surface area contributed by atoms with E-state index in [-0.39, 0.29) is 40.3 Å². The van der Waals surface area contributed by atoms with Crippen molar-refractivity contribution in [2.75, 3.05) is 44.0 Å². The number of nitrogens with zero attached hydrogens (tertiary/aromatic N) is 4. The number of anilines is 3. The van der Waals surface area contributed by atoms with Gasteiger partial charge in [0, 0.05) is 18.2 Å². The summed E-state index contributed by atoms with van der Waals surface area (Å²) < 4.78 is 0. The van der Waals surface area contributed by atoms with Crippen molar-refractivity contribution >= 4 is 57.5 Å². The Morgan fingerprint density at radius 1 is 0.840 bits per heavy atom. The Hall–Kier alpha value is -4.74. The Labute approximate surface area is 300 Å². The van der Waals surface area contributed by atoms with Crippen LogP contribution in [0.15, 0.2) is 65.7 Å². The monoisotopic (exact) mass is 699 g/mol. The molecular formula is C38H50ClN9O2. The van der Waals surface area contributed by atoms with Crippen LogP contribution in [-0.2, 0) is 24.1 Å². The molecule has 1 heterocycles. The predicted molar refractivity (Wildman–Crippen MR) is 205 cm³/mol. The van der Waals surface area contributed by atoms with Crippen LogP contribution in [0.4, 0.5) is 17.3 Å². The molecule has 4 rings (SSSR count). The first-order valence-corrected chi connectivity index (χ1v) is 17.6. The van der Waals surface area contributed by atoms with Crippen molar-refractivity contribution in [1.29, 1.82) is 0 Å².